The van der Waals surface area contributed by atoms with Gasteiger partial charge in [-0.25, -0.2) is 9.18 Å². The molecule has 1 aromatic rings. The summed E-state index contributed by atoms with van der Waals surface area (Å²) in [6.45, 7) is 3.70. The normalized spacial score (nSPS) is 11.5. The summed E-state index contributed by atoms with van der Waals surface area (Å²) in [5.74, 6) is -0.807. The standard InChI is InChI=1S/C13H17FN2O3/c1-3-19-12(17)7-9(2)15-13(18)16-11-6-4-5-10(14)8-11/h4-6,8-9H,3,7H2,1-2H3,(H2,15,16,18). The molecular formula is C13H17FN2O3. The molecule has 104 valence electrons. The largest absolute Gasteiger partial charge is 0.466 e. The number of carbonyl (C=O) groups excluding carboxylic acids is 2. The zero-order valence-corrected chi connectivity index (χ0v) is 10.9. The number of benzene rings is 1. The number of rotatable bonds is 5. The zero-order valence-electron chi connectivity index (χ0n) is 10.9. The quantitative estimate of drug-likeness (QED) is 0.805. The van der Waals surface area contributed by atoms with E-state index in [9.17, 15) is 14.0 Å². The topological polar surface area (TPSA) is 67.4 Å². The van der Waals surface area contributed by atoms with E-state index in [-0.39, 0.29) is 18.4 Å². The molecule has 0 heterocycles. The summed E-state index contributed by atoms with van der Waals surface area (Å²) in [5, 5.41) is 5.04. The van der Waals surface area contributed by atoms with Gasteiger partial charge in [-0.1, -0.05) is 6.07 Å². The van der Waals surface area contributed by atoms with Crippen molar-refractivity contribution in [2.45, 2.75) is 26.3 Å². The zero-order chi connectivity index (χ0) is 14.3. The number of carbonyl (C=O) groups is 2. The lowest BCUT2D eigenvalue weighted by Gasteiger charge is -2.13. The molecule has 0 radical (unpaired) electrons. The van der Waals surface area contributed by atoms with Crippen LogP contribution >= 0.6 is 0 Å². The van der Waals surface area contributed by atoms with Gasteiger partial charge in [0.2, 0.25) is 0 Å². The van der Waals surface area contributed by atoms with Gasteiger partial charge in [0.1, 0.15) is 5.82 Å². The maximum Gasteiger partial charge on any atom is 0.319 e. The Labute approximate surface area is 111 Å². The Morgan fingerprint density at radius 3 is 2.79 bits per heavy atom. The SMILES string of the molecule is CCOC(=O)CC(C)NC(=O)Nc1cccc(F)c1. The molecule has 2 N–H and O–H groups in total. The van der Waals surface area contributed by atoms with Gasteiger partial charge >= 0.3 is 12.0 Å². The van der Waals surface area contributed by atoms with Crippen molar-refractivity contribution in [1.82, 2.24) is 5.32 Å². The van der Waals surface area contributed by atoms with Crippen molar-refractivity contribution < 1.29 is 18.7 Å². The van der Waals surface area contributed by atoms with Gasteiger partial charge in [0.05, 0.1) is 13.0 Å². The van der Waals surface area contributed by atoms with E-state index in [1.165, 1.54) is 18.2 Å². The molecule has 19 heavy (non-hydrogen) atoms. The summed E-state index contributed by atoms with van der Waals surface area (Å²) < 4.78 is 17.7. The summed E-state index contributed by atoms with van der Waals surface area (Å²) in [7, 11) is 0. The first-order valence-corrected chi connectivity index (χ1v) is 6.00. The fraction of sp³-hybridized carbons (Fsp3) is 0.385. The fourth-order valence-electron chi connectivity index (χ4n) is 1.48. The minimum Gasteiger partial charge on any atom is -0.466 e. The number of nitrogens with one attached hydrogen (secondary N) is 2. The van der Waals surface area contributed by atoms with E-state index in [2.05, 4.69) is 10.6 Å². The third kappa shape index (κ3) is 5.85. The summed E-state index contributed by atoms with van der Waals surface area (Å²) in [6, 6.07) is 4.68. The number of esters is 1. The first-order valence-electron chi connectivity index (χ1n) is 6.00. The van der Waals surface area contributed by atoms with Crippen LogP contribution in [0.2, 0.25) is 0 Å². The van der Waals surface area contributed by atoms with Gasteiger partial charge in [0.15, 0.2) is 0 Å². The summed E-state index contributed by atoms with van der Waals surface area (Å²) >= 11 is 0. The van der Waals surface area contributed by atoms with Crippen molar-refractivity contribution in [3.8, 4) is 0 Å². The number of anilines is 1. The Balaban J connectivity index is 2.40. The third-order valence-electron chi connectivity index (χ3n) is 2.24. The predicted molar refractivity (Wildman–Crippen MR) is 69.3 cm³/mol. The van der Waals surface area contributed by atoms with Crippen molar-refractivity contribution in [3.63, 3.8) is 0 Å². The molecule has 0 spiro atoms. The van der Waals surface area contributed by atoms with Crippen LogP contribution in [0.1, 0.15) is 20.3 Å². The molecule has 5 nitrogen and oxygen atoms in total. The molecule has 0 bridgehead atoms. The van der Waals surface area contributed by atoms with Crippen LogP contribution in [0.4, 0.5) is 14.9 Å². The van der Waals surface area contributed by atoms with E-state index in [0.717, 1.165) is 0 Å². The van der Waals surface area contributed by atoms with E-state index in [1.807, 2.05) is 0 Å². The highest BCUT2D eigenvalue weighted by atomic mass is 19.1. The second-order valence-corrected chi connectivity index (χ2v) is 4.02. The predicted octanol–water partition coefficient (Wildman–Crippen LogP) is 2.29. The highest BCUT2D eigenvalue weighted by molar-refractivity contribution is 5.89. The lowest BCUT2D eigenvalue weighted by atomic mass is 10.2. The van der Waals surface area contributed by atoms with E-state index >= 15 is 0 Å². The van der Waals surface area contributed by atoms with Crippen molar-refractivity contribution in [2.75, 3.05) is 11.9 Å². The number of hydrogen-bond acceptors (Lipinski definition) is 3. The van der Waals surface area contributed by atoms with Gasteiger partial charge in [-0.3, -0.25) is 4.79 Å². The molecular weight excluding hydrogens is 251 g/mol. The average molecular weight is 268 g/mol. The molecule has 1 atom stereocenters. The molecule has 1 unspecified atom stereocenters. The average Bonchev–Trinajstić information content (AvgIpc) is 2.28. The Hall–Kier alpha value is -2.11. The Kier molecular flexibility index (Phi) is 5.78. The fourth-order valence-corrected chi connectivity index (χ4v) is 1.48. The first kappa shape index (κ1) is 14.9. The number of hydrogen-bond donors (Lipinski definition) is 2. The van der Waals surface area contributed by atoms with Gasteiger partial charge in [-0.15, -0.1) is 0 Å². The second kappa shape index (κ2) is 7.35. The van der Waals surface area contributed by atoms with Crippen LogP contribution in [0.25, 0.3) is 0 Å². The van der Waals surface area contributed by atoms with Crippen LogP contribution in [0.15, 0.2) is 24.3 Å². The summed E-state index contributed by atoms with van der Waals surface area (Å²) in [4.78, 5) is 22.8. The van der Waals surface area contributed by atoms with Crippen molar-refractivity contribution in [3.05, 3.63) is 30.1 Å². The number of urea groups is 1. The Bertz CT molecular complexity index is 451. The molecule has 0 fully saturated rings. The maximum atomic E-state index is 12.9. The van der Waals surface area contributed by atoms with Crippen molar-refractivity contribution >= 4 is 17.7 Å². The lowest BCUT2D eigenvalue weighted by molar-refractivity contribution is -0.143. The van der Waals surface area contributed by atoms with Gasteiger partial charge in [0, 0.05) is 11.7 Å². The first-order chi connectivity index (χ1) is 9.01. The van der Waals surface area contributed by atoms with Crippen molar-refractivity contribution in [2.24, 2.45) is 0 Å². The number of ether oxygens (including phenoxy) is 1. The molecule has 6 heteroatoms. The molecule has 0 saturated heterocycles. The monoisotopic (exact) mass is 268 g/mol. The molecule has 1 rings (SSSR count). The van der Waals surface area contributed by atoms with E-state index in [1.54, 1.807) is 19.9 Å². The summed E-state index contributed by atoms with van der Waals surface area (Å²) in [6.07, 6.45) is 0.0877. The third-order valence-corrected chi connectivity index (χ3v) is 2.24. The molecule has 0 aliphatic heterocycles. The molecule has 1 aromatic carbocycles. The number of halogens is 1. The smallest absolute Gasteiger partial charge is 0.319 e. The van der Waals surface area contributed by atoms with E-state index < -0.39 is 11.8 Å². The van der Waals surface area contributed by atoms with Gasteiger partial charge < -0.3 is 15.4 Å². The van der Waals surface area contributed by atoms with Crippen LogP contribution in [0.5, 0.6) is 0 Å². The maximum absolute atomic E-state index is 12.9. The Morgan fingerprint density at radius 1 is 1.42 bits per heavy atom. The van der Waals surface area contributed by atoms with Crippen LogP contribution in [-0.4, -0.2) is 24.6 Å². The van der Waals surface area contributed by atoms with Crippen LogP contribution in [-0.2, 0) is 9.53 Å². The lowest BCUT2D eigenvalue weighted by Crippen LogP contribution is -2.37. The van der Waals surface area contributed by atoms with E-state index in [0.29, 0.717) is 12.3 Å². The molecule has 2 amide bonds. The minimum atomic E-state index is -0.498. The molecule has 0 aliphatic carbocycles. The van der Waals surface area contributed by atoms with Crippen LogP contribution < -0.4 is 10.6 Å². The molecule has 0 aromatic heterocycles. The van der Waals surface area contributed by atoms with Crippen LogP contribution in [0, 0.1) is 5.82 Å². The highest BCUT2D eigenvalue weighted by Gasteiger charge is 2.12. The van der Waals surface area contributed by atoms with Crippen molar-refractivity contribution in [1.29, 1.82) is 0 Å². The van der Waals surface area contributed by atoms with E-state index in [4.69, 9.17) is 4.74 Å². The van der Waals surface area contributed by atoms with Crippen LogP contribution in [0.3, 0.4) is 0 Å². The molecule has 0 saturated carbocycles. The number of amides is 2. The highest BCUT2D eigenvalue weighted by Crippen LogP contribution is 2.08. The van der Waals surface area contributed by atoms with Gasteiger partial charge in [-0.05, 0) is 32.0 Å². The summed E-state index contributed by atoms with van der Waals surface area (Å²) in [5.41, 5.74) is 0.348. The van der Waals surface area contributed by atoms with Gasteiger partial charge in [0.25, 0.3) is 0 Å². The van der Waals surface area contributed by atoms with Gasteiger partial charge in [-0.2, -0.15) is 0 Å². The minimum absolute atomic E-state index is 0.0877. The molecule has 0 aliphatic rings. The second-order valence-electron chi connectivity index (χ2n) is 4.02. The Morgan fingerprint density at radius 2 is 2.16 bits per heavy atom.